The van der Waals surface area contributed by atoms with Crippen molar-refractivity contribution in [3.63, 3.8) is 0 Å². The fourth-order valence-electron chi connectivity index (χ4n) is 2.49. The number of alkyl halides is 3. The molecule has 0 saturated heterocycles. The number of halogens is 3. The number of thioether (sulfide) groups is 1. The molecule has 140 valence electrons. The van der Waals surface area contributed by atoms with Crippen molar-refractivity contribution in [2.75, 3.05) is 5.75 Å². The highest BCUT2D eigenvalue weighted by atomic mass is 32.2. The molecular weight excluding hydrogens is 369 g/mol. The molecule has 0 aliphatic carbocycles. The van der Waals surface area contributed by atoms with E-state index in [1.165, 1.54) is 25.1 Å². The Morgan fingerprint density at radius 1 is 1.31 bits per heavy atom. The van der Waals surface area contributed by atoms with Crippen LogP contribution in [0.2, 0.25) is 0 Å². The number of hydrogen-bond donors (Lipinski definition) is 2. The van der Waals surface area contributed by atoms with Gasteiger partial charge in [0.05, 0.1) is 11.3 Å². The average molecular weight is 386 g/mol. The zero-order valence-electron chi connectivity index (χ0n) is 14.0. The second kappa shape index (κ2) is 7.40. The van der Waals surface area contributed by atoms with E-state index < -0.39 is 29.0 Å². The molecule has 2 rings (SSSR count). The van der Waals surface area contributed by atoms with Gasteiger partial charge in [0.25, 0.3) is 5.56 Å². The Morgan fingerprint density at radius 2 is 1.96 bits per heavy atom. The van der Waals surface area contributed by atoms with E-state index in [1.54, 1.807) is 6.92 Å². The molecule has 0 radical (unpaired) electrons. The number of hydrogen-bond acceptors (Lipinski definition) is 4. The zero-order valence-corrected chi connectivity index (χ0v) is 14.8. The molecule has 26 heavy (non-hydrogen) atoms. The smallest absolute Gasteiger partial charge is 0.379 e. The number of nitrogens with zero attached hydrogens (tertiary/aromatic N) is 2. The SMILES string of the molecule is Cc1cc(=O)n([C@H](C)CSC(=N)N)c(=O)n1-c1cccc(C(F)(F)F)c1. The summed E-state index contributed by atoms with van der Waals surface area (Å²) < 4.78 is 40.9. The predicted molar refractivity (Wildman–Crippen MR) is 95.1 cm³/mol. The molecule has 0 bridgehead atoms. The van der Waals surface area contributed by atoms with Gasteiger partial charge in [-0.1, -0.05) is 17.8 Å². The fourth-order valence-corrected chi connectivity index (χ4v) is 3.06. The predicted octanol–water partition coefficient (Wildman–Crippen LogP) is 2.51. The summed E-state index contributed by atoms with van der Waals surface area (Å²) in [6.45, 7) is 3.08. The van der Waals surface area contributed by atoms with Gasteiger partial charge in [-0.15, -0.1) is 0 Å². The minimum absolute atomic E-state index is 0.0162. The quantitative estimate of drug-likeness (QED) is 0.624. The molecule has 10 heteroatoms. The van der Waals surface area contributed by atoms with Crippen molar-refractivity contribution in [1.82, 2.24) is 9.13 Å². The first-order valence-electron chi connectivity index (χ1n) is 7.52. The van der Waals surface area contributed by atoms with Gasteiger partial charge in [-0.05, 0) is 32.0 Å². The lowest BCUT2D eigenvalue weighted by molar-refractivity contribution is -0.137. The number of nitrogens with one attached hydrogen (secondary N) is 1. The lowest BCUT2D eigenvalue weighted by atomic mass is 10.2. The Bertz CT molecular complexity index is 950. The van der Waals surface area contributed by atoms with E-state index in [9.17, 15) is 22.8 Å². The molecule has 0 spiro atoms. The van der Waals surface area contributed by atoms with Gasteiger partial charge in [0, 0.05) is 23.6 Å². The van der Waals surface area contributed by atoms with Crippen LogP contribution >= 0.6 is 11.8 Å². The summed E-state index contributed by atoms with van der Waals surface area (Å²) in [6.07, 6.45) is -4.55. The van der Waals surface area contributed by atoms with Crippen LogP contribution in [0.25, 0.3) is 5.69 Å². The van der Waals surface area contributed by atoms with Crippen molar-refractivity contribution < 1.29 is 13.2 Å². The number of nitrogens with two attached hydrogens (primary N) is 1. The molecule has 1 atom stereocenters. The summed E-state index contributed by atoms with van der Waals surface area (Å²) in [5.74, 6) is 0.204. The van der Waals surface area contributed by atoms with Gasteiger partial charge in [-0.2, -0.15) is 13.2 Å². The standard InChI is InChI=1S/C16H17F3N4O2S/c1-9-6-13(24)23(10(2)8-26-14(20)21)15(25)22(9)12-5-3-4-11(7-12)16(17,18)19/h3-7,10H,8H2,1-2H3,(H3,20,21)/t10-/m1/s1. The van der Waals surface area contributed by atoms with E-state index >= 15 is 0 Å². The van der Waals surface area contributed by atoms with Gasteiger partial charge in [0.2, 0.25) is 0 Å². The van der Waals surface area contributed by atoms with E-state index in [1.807, 2.05) is 0 Å². The Kier molecular flexibility index (Phi) is 5.65. The molecule has 0 saturated carbocycles. The molecule has 0 fully saturated rings. The maximum Gasteiger partial charge on any atom is 0.416 e. The van der Waals surface area contributed by atoms with Gasteiger partial charge in [0.1, 0.15) is 0 Å². The monoisotopic (exact) mass is 386 g/mol. The number of benzene rings is 1. The summed E-state index contributed by atoms with van der Waals surface area (Å²) >= 11 is 0.968. The van der Waals surface area contributed by atoms with Crippen LogP contribution in [0.3, 0.4) is 0 Å². The maximum atomic E-state index is 13.0. The van der Waals surface area contributed by atoms with Crippen LogP contribution in [-0.4, -0.2) is 20.1 Å². The topological polar surface area (TPSA) is 93.9 Å². The van der Waals surface area contributed by atoms with Crippen LogP contribution < -0.4 is 17.0 Å². The molecule has 0 aliphatic heterocycles. The third kappa shape index (κ3) is 4.18. The van der Waals surface area contributed by atoms with Gasteiger partial charge in [0.15, 0.2) is 5.17 Å². The van der Waals surface area contributed by atoms with Crippen molar-refractivity contribution in [3.05, 3.63) is 62.4 Å². The normalized spacial score (nSPS) is 12.8. The second-order valence-corrected chi connectivity index (χ2v) is 6.75. The first kappa shape index (κ1) is 19.8. The van der Waals surface area contributed by atoms with Crippen molar-refractivity contribution in [2.24, 2.45) is 5.73 Å². The summed E-state index contributed by atoms with van der Waals surface area (Å²) in [5.41, 5.74) is 3.31. The van der Waals surface area contributed by atoms with Crippen LogP contribution in [0, 0.1) is 12.3 Å². The second-order valence-electron chi connectivity index (χ2n) is 5.68. The third-order valence-electron chi connectivity index (χ3n) is 3.67. The molecule has 2 aromatic rings. The summed E-state index contributed by atoms with van der Waals surface area (Å²) in [6, 6.07) is 4.93. The summed E-state index contributed by atoms with van der Waals surface area (Å²) in [5, 5.41) is 7.06. The number of aromatic nitrogens is 2. The highest BCUT2D eigenvalue weighted by molar-refractivity contribution is 8.13. The van der Waals surface area contributed by atoms with Crippen molar-refractivity contribution in [2.45, 2.75) is 26.1 Å². The van der Waals surface area contributed by atoms with Gasteiger partial charge in [-0.25, -0.2) is 4.79 Å². The minimum atomic E-state index is -4.55. The molecule has 0 unspecified atom stereocenters. The number of amidine groups is 1. The average Bonchev–Trinajstić information content (AvgIpc) is 2.52. The van der Waals surface area contributed by atoms with Gasteiger partial charge in [-0.3, -0.25) is 19.3 Å². The molecule has 0 amide bonds. The van der Waals surface area contributed by atoms with E-state index in [0.717, 1.165) is 33.0 Å². The first-order valence-corrected chi connectivity index (χ1v) is 8.50. The van der Waals surface area contributed by atoms with E-state index in [0.29, 0.717) is 0 Å². The lowest BCUT2D eigenvalue weighted by Gasteiger charge is -2.18. The van der Waals surface area contributed by atoms with Crippen LogP contribution in [0.15, 0.2) is 39.9 Å². The van der Waals surface area contributed by atoms with Gasteiger partial charge >= 0.3 is 11.9 Å². The fraction of sp³-hybridized carbons (Fsp3) is 0.312. The first-order chi connectivity index (χ1) is 12.0. The maximum absolute atomic E-state index is 13.0. The zero-order chi connectivity index (χ0) is 19.6. The van der Waals surface area contributed by atoms with Crippen LogP contribution in [0.1, 0.15) is 24.2 Å². The van der Waals surface area contributed by atoms with Crippen molar-refractivity contribution in [3.8, 4) is 5.69 Å². The molecule has 6 nitrogen and oxygen atoms in total. The van der Waals surface area contributed by atoms with Gasteiger partial charge < -0.3 is 5.73 Å². The largest absolute Gasteiger partial charge is 0.416 e. The Hall–Kier alpha value is -2.49. The van der Waals surface area contributed by atoms with Crippen LogP contribution in [-0.2, 0) is 6.18 Å². The Morgan fingerprint density at radius 3 is 2.54 bits per heavy atom. The van der Waals surface area contributed by atoms with Crippen molar-refractivity contribution >= 4 is 16.9 Å². The molecule has 1 aromatic heterocycles. The highest BCUT2D eigenvalue weighted by Gasteiger charge is 2.30. The van der Waals surface area contributed by atoms with E-state index in [4.69, 9.17) is 11.1 Å². The van der Waals surface area contributed by atoms with Crippen molar-refractivity contribution in [1.29, 1.82) is 5.41 Å². The Labute approximate surface area is 151 Å². The van der Waals surface area contributed by atoms with E-state index in [-0.39, 0.29) is 22.3 Å². The third-order valence-corrected chi connectivity index (χ3v) is 4.63. The van der Waals surface area contributed by atoms with Crippen LogP contribution in [0.4, 0.5) is 13.2 Å². The molecular formula is C16H17F3N4O2S. The highest BCUT2D eigenvalue weighted by Crippen LogP contribution is 2.30. The molecule has 1 aromatic carbocycles. The summed E-state index contributed by atoms with van der Waals surface area (Å²) in [7, 11) is 0. The summed E-state index contributed by atoms with van der Waals surface area (Å²) in [4.78, 5) is 25.0. The van der Waals surface area contributed by atoms with E-state index in [2.05, 4.69) is 0 Å². The minimum Gasteiger partial charge on any atom is -0.379 e. The van der Waals surface area contributed by atoms with Crippen LogP contribution in [0.5, 0.6) is 0 Å². The molecule has 3 N–H and O–H groups in total. The lowest BCUT2D eigenvalue weighted by Crippen LogP contribution is -2.42. The molecule has 0 aliphatic rings. The Balaban J connectivity index is 2.61. The number of rotatable bonds is 4. The molecule has 1 heterocycles. The number of aryl methyl sites for hydroxylation is 1.